The molecule has 0 radical (unpaired) electrons. The van der Waals surface area contributed by atoms with Crippen molar-refractivity contribution in [3.8, 4) is 0 Å². The van der Waals surface area contributed by atoms with Crippen molar-refractivity contribution in [3.63, 3.8) is 0 Å². The van der Waals surface area contributed by atoms with Gasteiger partial charge in [-0.25, -0.2) is 0 Å². The molecule has 1 aromatic carbocycles. The van der Waals surface area contributed by atoms with Crippen molar-refractivity contribution in [2.45, 2.75) is 12.5 Å². The molecule has 1 aromatic rings. The standard InChI is InChI=1S/C11H14BrNO/c12-10-5-2-1-4-9(10)11-8-13-6-3-7-14-11/h1-2,4-5,11,13H,3,6-8H2. The molecule has 1 saturated heterocycles. The van der Waals surface area contributed by atoms with Crippen LogP contribution in [0.15, 0.2) is 28.7 Å². The van der Waals surface area contributed by atoms with Crippen LogP contribution >= 0.6 is 15.9 Å². The lowest BCUT2D eigenvalue weighted by molar-refractivity contribution is 0.0664. The molecule has 1 N–H and O–H groups in total. The second kappa shape index (κ2) is 4.91. The number of rotatable bonds is 1. The Labute approximate surface area is 92.8 Å². The van der Waals surface area contributed by atoms with Crippen LogP contribution in [0, 0.1) is 0 Å². The summed E-state index contributed by atoms with van der Waals surface area (Å²) in [5.74, 6) is 0. The number of ether oxygens (including phenoxy) is 1. The topological polar surface area (TPSA) is 21.3 Å². The molecule has 1 heterocycles. The molecule has 0 aromatic heterocycles. The van der Waals surface area contributed by atoms with Crippen LogP contribution in [0.2, 0.25) is 0 Å². The molecule has 0 amide bonds. The monoisotopic (exact) mass is 255 g/mol. The molecular formula is C11H14BrNO. The summed E-state index contributed by atoms with van der Waals surface area (Å²) in [6.07, 6.45) is 1.29. The molecular weight excluding hydrogens is 242 g/mol. The van der Waals surface area contributed by atoms with Gasteiger partial charge >= 0.3 is 0 Å². The molecule has 0 saturated carbocycles. The van der Waals surface area contributed by atoms with E-state index < -0.39 is 0 Å². The molecule has 0 aliphatic carbocycles. The number of halogens is 1. The van der Waals surface area contributed by atoms with Crippen molar-refractivity contribution in [2.24, 2.45) is 0 Å². The smallest absolute Gasteiger partial charge is 0.0960 e. The van der Waals surface area contributed by atoms with Crippen LogP contribution in [0.4, 0.5) is 0 Å². The molecule has 2 rings (SSSR count). The Morgan fingerprint density at radius 1 is 1.36 bits per heavy atom. The van der Waals surface area contributed by atoms with Crippen molar-refractivity contribution >= 4 is 15.9 Å². The van der Waals surface area contributed by atoms with Crippen molar-refractivity contribution < 1.29 is 4.74 Å². The van der Waals surface area contributed by atoms with E-state index in [0.717, 1.165) is 30.6 Å². The summed E-state index contributed by atoms with van der Waals surface area (Å²) in [5, 5.41) is 3.38. The molecule has 1 aliphatic heterocycles. The Bertz CT molecular complexity index is 295. The highest BCUT2D eigenvalue weighted by molar-refractivity contribution is 9.10. The van der Waals surface area contributed by atoms with Gasteiger partial charge in [0.25, 0.3) is 0 Å². The molecule has 1 unspecified atom stereocenters. The maximum absolute atomic E-state index is 5.78. The average molecular weight is 256 g/mol. The van der Waals surface area contributed by atoms with Crippen LogP contribution in [0.25, 0.3) is 0 Å². The van der Waals surface area contributed by atoms with E-state index in [-0.39, 0.29) is 6.10 Å². The minimum absolute atomic E-state index is 0.188. The molecule has 0 bridgehead atoms. The predicted molar refractivity (Wildman–Crippen MR) is 60.3 cm³/mol. The summed E-state index contributed by atoms with van der Waals surface area (Å²) in [4.78, 5) is 0. The van der Waals surface area contributed by atoms with Gasteiger partial charge in [-0.2, -0.15) is 0 Å². The fourth-order valence-electron chi connectivity index (χ4n) is 1.65. The summed E-state index contributed by atoms with van der Waals surface area (Å²) < 4.78 is 6.91. The van der Waals surface area contributed by atoms with Gasteiger partial charge in [0.15, 0.2) is 0 Å². The minimum Gasteiger partial charge on any atom is -0.372 e. The van der Waals surface area contributed by atoms with Gasteiger partial charge < -0.3 is 10.1 Å². The highest BCUT2D eigenvalue weighted by Crippen LogP contribution is 2.26. The maximum Gasteiger partial charge on any atom is 0.0960 e. The van der Waals surface area contributed by atoms with Gasteiger partial charge in [-0.15, -0.1) is 0 Å². The summed E-state index contributed by atoms with van der Waals surface area (Å²) in [6, 6.07) is 8.25. The first kappa shape index (κ1) is 10.1. The first-order chi connectivity index (χ1) is 6.88. The van der Waals surface area contributed by atoms with Crippen molar-refractivity contribution in [2.75, 3.05) is 19.7 Å². The van der Waals surface area contributed by atoms with Gasteiger partial charge in [0.2, 0.25) is 0 Å². The highest BCUT2D eigenvalue weighted by atomic mass is 79.9. The molecule has 2 nitrogen and oxygen atoms in total. The van der Waals surface area contributed by atoms with Gasteiger partial charge in [0, 0.05) is 17.6 Å². The summed E-state index contributed by atoms with van der Waals surface area (Å²) >= 11 is 3.55. The third-order valence-electron chi connectivity index (χ3n) is 2.40. The molecule has 1 atom stereocenters. The fraction of sp³-hybridized carbons (Fsp3) is 0.455. The third-order valence-corrected chi connectivity index (χ3v) is 3.12. The largest absolute Gasteiger partial charge is 0.372 e. The highest BCUT2D eigenvalue weighted by Gasteiger charge is 2.16. The lowest BCUT2D eigenvalue weighted by Crippen LogP contribution is -2.20. The van der Waals surface area contributed by atoms with E-state index in [9.17, 15) is 0 Å². The van der Waals surface area contributed by atoms with E-state index in [1.807, 2.05) is 12.1 Å². The number of nitrogens with one attached hydrogen (secondary N) is 1. The second-order valence-corrected chi connectivity index (χ2v) is 4.29. The van der Waals surface area contributed by atoms with Gasteiger partial charge in [0.05, 0.1) is 6.10 Å². The number of hydrogen-bond acceptors (Lipinski definition) is 2. The first-order valence-corrected chi connectivity index (χ1v) is 5.74. The quantitative estimate of drug-likeness (QED) is 0.833. The zero-order valence-electron chi connectivity index (χ0n) is 8.00. The van der Waals surface area contributed by atoms with E-state index in [0.29, 0.717) is 0 Å². The normalized spacial score (nSPS) is 23.1. The van der Waals surface area contributed by atoms with Crippen LogP contribution in [0.5, 0.6) is 0 Å². The zero-order valence-corrected chi connectivity index (χ0v) is 9.59. The summed E-state index contributed by atoms with van der Waals surface area (Å²) in [7, 11) is 0. The van der Waals surface area contributed by atoms with E-state index in [2.05, 4.69) is 33.4 Å². The van der Waals surface area contributed by atoms with E-state index in [1.165, 1.54) is 5.56 Å². The van der Waals surface area contributed by atoms with E-state index >= 15 is 0 Å². The minimum atomic E-state index is 0.188. The molecule has 1 fully saturated rings. The SMILES string of the molecule is Brc1ccccc1C1CNCCCO1. The van der Waals surface area contributed by atoms with Crippen LogP contribution in [0.1, 0.15) is 18.1 Å². The third kappa shape index (κ3) is 2.35. The second-order valence-electron chi connectivity index (χ2n) is 3.44. The number of benzene rings is 1. The van der Waals surface area contributed by atoms with Gasteiger partial charge in [0.1, 0.15) is 0 Å². The Balaban J connectivity index is 2.16. The first-order valence-electron chi connectivity index (χ1n) is 4.94. The van der Waals surface area contributed by atoms with E-state index in [4.69, 9.17) is 4.74 Å². The van der Waals surface area contributed by atoms with Gasteiger partial charge in [-0.05, 0) is 24.6 Å². The van der Waals surface area contributed by atoms with Crippen LogP contribution in [0.3, 0.4) is 0 Å². The van der Waals surface area contributed by atoms with Crippen LogP contribution < -0.4 is 5.32 Å². The Morgan fingerprint density at radius 2 is 2.21 bits per heavy atom. The van der Waals surface area contributed by atoms with Crippen molar-refractivity contribution in [3.05, 3.63) is 34.3 Å². The van der Waals surface area contributed by atoms with Crippen molar-refractivity contribution in [1.82, 2.24) is 5.32 Å². The van der Waals surface area contributed by atoms with E-state index in [1.54, 1.807) is 0 Å². The molecule has 0 spiro atoms. The van der Waals surface area contributed by atoms with Crippen LogP contribution in [-0.4, -0.2) is 19.7 Å². The lowest BCUT2D eigenvalue weighted by Gasteiger charge is -2.16. The van der Waals surface area contributed by atoms with Gasteiger partial charge in [-0.3, -0.25) is 0 Å². The van der Waals surface area contributed by atoms with Crippen molar-refractivity contribution in [1.29, 1.82) is 0 Å². The average Bonchev–Trinajstić information content (AvgIpc) is 2.47. The summed E-state index contributed by atoms with van der Waals surface area (Å²) in [6.45, 7) is 2.81. The Hall–Kier alpha value is -0.380. The summed E-state index contributed by atoms with van der Waals surface area (Å²) in [5.41, 5.74) is 1.24. The Kier molecular flexibility index (Phi) is 3.56. The number of hydrogen-bond donors (Lipinski definition) is 1. The maximum atomic E-state index is 5.78. The van der Waals surface area contributed by atoms with Gasteiger partial charge in [-0.1, -0.05) is 34.1 Å². The molecule has 1 aliphatic rings. The predicted octanol–water partition coefficient (Wildman–Crippen LogP) is 2.50. The Morgan fingerprint density at radius 3 is 3.07 bits per heavy atom. The molecule has 76 valence electrons. The zero-order chi connectivity index (χ0) is 9.80. The lowest BCUT2D eigenvalue weighted by atomic mass is 10.1. The fourth-order valence-corrected chi connectivity index (χ4v) is 2.19. The molecule has 14 heavy (non-hydrogen) atoms. The molecule has 3 heteroatoms. The van der Waals surface area contributed by atoms with Crippen LogP contribution in [-0.2, 0) is 4.74 Å².